The van der Waals surface area contributed by atoms with E-state index >= 15 is 0 Å². The van der Waals surface area contributed by atoms with E-state index in [2.05, 4.69) is 72.8 Å². The van der Waals surface area contributed by atoms with Crippen molar-refractivity contribution in [1.82, 2.24) is 0 Å². The Kier molecular flexibility index (Phi) is 26.8. The van der Waals surface area contributed by atoms with Crippen molar-refractivity contribution < 1.29 is 44.4 Å². The average Bonchev–Trinajstić information content (AvgIpc) is 2.91. The lowest BCUT2D eigenvalue weighted by molar-refractivity contribution is -0.683. The second kappa shape index (κ2) is 25.4. The van der Waals surface area contributed by atoms with Gasteiger partial charge in [0.2, 0.25) is 16.1 Å². The minimum atomic E-state index is -3.67. The zero-order valence-electron chi connectivity index (χ0n) is 22.2. The standard InChI is InChI=1S/C12H15N2S.C10H9ClN.C2H7NS.2BF3.2FH/c1-14-11-5-3-2-4-10(11)6-7-12(14)15-9-8-13;1-12-9-5-3-2-4-8(9)6-7-10(12)11;3-1-2-4;2*2-1(3)4;;/h2-7H,8-9,13H2,1H3;2-7H,1H3;4H,1-3H2;;;2*1H/q2*+1;;;;;/p-2. The maximum atomic E-state index is 9.67. The molecule has 0 saturated carbocycles. The minimum absolute atomic E-state index is 0. The van der Waals surface area contributed by atoms with E-state index in [0.29, 0.717) is 6.54 Å². The van der Waals surface area contributed by atoms with Crippen molar-refractivity contribution in [1.29, 1.82) is 0 Å². The molecule has 0 aliphatic heterocycles. The number of nitrogens with two attached hydrogens (primary N) is 2. The summed E-state index contributed by atoms with van der Waals surface area (Å²) in [5.41, 5.74) is 12.9. The van der Waals surface area contributed by atoms with E-state index in [-0.39, 0.29) is 9.41 Å². The highest BCUT2D eigenvalue weighted by atomic mass is 35.5. The van der Waals surface area contributed by atoms with Gasteiger partial charge in [-0.25, -0.2) is 0 Å². The summed E-state index contributed by atoms with van der Waals surface area (Å²) in [7, 11) is -3.27. The summed E-state index contributed by atoms with van der Waals surface area (Å²) in [6.07, 6.45) is 0. The Balaban J connectivity index is -0.000000497. The number of thioether (sulfide) groups is 1. The number of nitrogens with zero attached hydrogens (tertiary/aromatic N) is 2. The molecule has 0 unspecified atom stereocenters. The highest BCUT2D eigenvalue weighted by molar-refractivity contribution is 7.99. The molecule has 4 nitrogen and oxygen atoms in total. The normalized spacial score (nSPS) is 9.07. The number of fused-ring (bicyclic) bond motifs is 2. The molecule has 41 heavy (non-hydrogen) atoms. The average molecular weight is 649 g/mol. The molecule has 4 aromatic rings. The fourth-order valence-corrected chi connectivity index (χ4v) is 3.89. The molecule has 0 amide bonds. The molecule has 0 bridgehead atoms. The fourth-order valence-electron chi connectivity index (χ4n) is 2.95. The van der Waals surface area contributed by atoms with Crippen LogP contribution in [0.5, 0.6) is 0 Å². The molecule has 0 radical (unpaired) electrons. The Bertz CT molecular complexity index is 1220. The Morgan fingerprint density at radius 2 is 1.10 bits per heavy atom. The third kappa shape index (κ3) is 18.7. The summed E-state index contributed by atoms with van der Waals surface area (Å²) in [5.74, 6) is 1.76. The maximum Gasteiger partial charge on any atom is 0.762 e. The molecule has 4 N–H and O–H groups in total. The molecular weight excluding hydrogens is 617 g/mol. The van der Waals surface area contributed by atoms with Crippen molar-refractivity contribution in [2.75, 3.05) is 24.6 Å². The summed E-state index contributed by atoms with van der Waals surface area (Å²) in [6.45, 7) is 1.40. The largest absolute Gasteiger partial charge is 1.00 e. The fraction of sp³-hybridized carbons (Fsp3) is 0.250. The smallest absolute Gasteiger partial charge is 0.762 e. The van der Waals surface area contributed by atoms with Crippen LogP contribution in [0.15, 0.2) is 77.8 Å². The van der Waals surface area contributed by atoms with Gasteiger partial charge < -0.3 is 20.9 Å². The minimum Gasteiger partial charge on any atom is -1.00 e. The monoisotopic (exact) mass is 648 g/mol. The van der Waals surface area contributed by atoms with Crippen LogP contribution in [-0.4, -0.2) is 39.7 Å². The van der Waals surface area contributed by atoms with Gasteiger partial charge in [-0.1, -0.05) is 36.0 Å². The number of hydrogen-bond acceptors (Lipinski definition) is 4. The van der Waals surface area contributed by atoms with Gasteiger partial charge in [-0.2, -0.15) is 21.8 Å². The van der Waals surface area contributed by atoms with E-state index in [1.807, 2.05) is 35.9 Å². The Hall–Kier alpha value is -2.26. The second-order valence-electron chi connectivity index (χ2n) is 7.21. The van der Waals surface area contributed by atoms with E-state index in [1.165, 1.54) is 21.3 Å². The Labute approximate surface area is 250 Å². The van der Waals surface area contributed by atoms with Gasteiger partial charge in [-0.3, -0.25) is 25.9 Å². The van der Waals surface area contributed by atoms with Crippen molar-refractivity contribution >= 4 is 72.9 Å². The predicted octanol–water partition coefficient (Wildman–Crippen LogP) is -0.325. The SMILES string of the molecule is C[n+]1c(Cl)ccc2ccccc21.C[n+]1c(SCCN)ccc2ccccc21.FB(F)F.FB(F)F.NCCS.[F-].[F-]. The Morgan fingerprint density at radius 3 is 1.51 bits per heavy atom. The first-order chi connectivity index (χ1) is 18.5. The van der Waals surface area contributed by atoms with Gasteiger partial charge in [0.1, 0.15) is 14.1 Å². The predicted molar refractivity (Wildman–Crippen MR) is 156 cm³/mol. The third-order valence-corrected chi connectivity index (χ3v) is 6.33. The lowest BCUT2D eigenvalue weighted by Gasteiger charge is -2.01. The van der Waals surface area contributed by atoms with Crippen LogP contribution >= 0.6 is 36.0 Å². The van der Waals surface area contributed by atoms with Crippen molar-refractivity contribution in [2.45, 2.75) is 5.03 Å². The molecule has 0 saturated heterocycles. The molecule has 17 heteroatoms. The highest BCUT2D eigenvalue weighted by Crippen LogP contribution is 2.17. The van der Waals surface area contributed by atoms with Crippen LogP contribution < -0.4 is 30.0 Å². The van der Waals surface area contributed by atoms with E-state index < -0.39 is 15.1 Å². The first-order valence-corrected chi connectivity index (χ1v) is 13.4. The lowest BCUT2D eigenvalue weighted by atomic mass is 10.2. The van der Waals surface area contributed by atoms with E-state index in [0.717, 1.165) is 28.7 Å². The first-order valence-electron chi connectivity index (χ1n) is 11.4. The van der Waals surface area contributed by atoms with Crippen LogP contribution in [-0.2, 0) is 14.1 Å². The van der Waals surface area contributed by atoms with Crippen LogP contribution in [0, 0.1) is 0 Å². The van der Waals surface area contributed by atoms with Gasteiger partial charge >= 0.3 is 15.1 Å². The molecule has 0 fully saturated rings. The Morgan fingerprint density at radius 1 is 0.707 bits per heavy atom. The number of para-hydroxylation sites is 2. The van der Waals surface area contributed by atoms with E-state index in [4.69, 9.17) is 23.1 Å². The third-order valence-electron chi connectivity index (χ3n) is 4.55. The van der Waals surface area contributed by atoms with Crippen LogP contribution in [0.1, 0.15) is 0 Å². The molecule has 0 aliphatic carbocycles. The van der Waals surface area contributed by atoms with Crippen molar-refractivity contribution in [3.05, 3.63) is 77.9 Å². The van der Waals surface area contributed by atoms with Crippen LogP contribution in [0.3, 0.4) is 0 Å². The number of aromatic nitrogens is 2. The first kappa shape index (κ1) is 43.2. The zero-order valence-corrected chi connectivity index (χ0v) is 24.7. The van der Waals surface area contributed by atoms with Crippen molar-refractivity contribution in [3.63, 3.8) is 0 Å². The van der Waals surface area contributed by atoms with Crippen molar-refractivity contribution in [3.8, 4) is 0 Å². The molecule has 2 heterocycles. The number of hydrogen-bond donors (Lipinski definition) is 3. The zero-order chi connectivity index (χ0) is 29.8. The number of thiol groups is 1. The molecule has 2 aromatic carbocycles. The number of halogens is 9. The molecule has 0 atom stereocenters. The highest BCUT2D eigenvalue weighted by Gasteiger charge is 2.11. The van der Waals surface area contributed by atoms with Gasteiger partial charge in [0.05, 0.1) is 0 Å². The molecule has 0 spiro atoms. The lowest BCUT2D eigenvalue weighted by Crippen LogP contribution is -3.00. The summed E-state index contributed by atoms with van der Waals surface area (Å²) in [6, 6.07) is 24.8. The van der Waals surface area contributed by atoms with Crippen LogP contribution in [0.4, 0.5) is 25.9 Å². The number of pyridine rings is 2. The van der Waals surface area contributed by atoms with Crippen LogP contribution in [0.2, 0.25) is 5.15 Å². The second-order valence-corrected chi connectivity index (χ2v) is 9.16. The molecular formula is C24H31B2ClF8N4S2. The summed E-state index contributed by atoms with van der Waals surface area (Å²) in [4.78, 5) is 0. The number of rotatable bonds is 4. The summed E-state index contributed by atoms with van der Waals surface area (Å²) in [5, 5.41) is 4.51. The van der Waals surface area contributed by atoms with Crippen molar-refractivity contribution in [2.24, 2.45) is 25.6 Å². The summed E-state index contributed by atoms with van der Waals surface area (Å²) < 4.78 is 62.2. The molecule has 228 valence electrons. The van der Waals surface area contributed by atoms with Gasteiger partial charge in [0.25, 0.3) is 5.15 Å². The molecule has 2 aromatic heterocycles. The van der Waals surface area contributed by atoms with Gasteiger partial charge in [-0.15, -0.1) is 0 Å². The number of aryl methyl sites for hydroxylation is 2. The van der Waals surface area contributed by atoms with Gasteiger partial charge in [-0.05, 0) is 35.9 Å². The molecule has 0 aliphatic rings. The quantitative estimate of drug-likeness (QED) is 0.0711. The topological polar surface area (TPSA) is 59.8 Å². The summed E-state index contributed by atoms with van der Waals surface area (Å²) >= 11 is 11.5. The molecule has 4 rings (SSSR count). The number of benzene rings is 2. The van der Waals surface area contributed by atoms with Gasteiger partial charge in [0, 0.05) is 59.6 Å². The van der Waals surface area contributed by atoms with E-state index in [9.17, 15) is 25.9 Å². The maximum absolute atomic E-state index is 9.67. The van der Waals surface area contributed by atoms with E-state index in [1.54, 1.807) is 11.8 Å². The van der Waals surface area contributed by atoms with Crippen LogP contribution in [0.25, 0.3) is 21.8 Å². The van der Waals surface area contributed by atoms with Gasteiger partial charge in [0.15, 0.2) is 0 Å².